The smallest absolute Gasteiger partial charge is 0.250 e. The Morgan fingerprint density at radius 1 is 1.13 bits per heavy atom. The highest BCUT2D eigenvalue weighted by molar-refractivity contribution is 5.95. The zero-order chi connectivity index (χ0) is 21.1. The molecule has 1 aromatic carbocycles. The van der Waals surface area contributed by atoms with E-state index in [4.69, 9.17) is 0 Å². The molecule has 1 fully saturated rings. The molecule has 30 heavy (non-hydrogen) atoms. The summed E-state index contributed by atoms with van der Waals surface area (Å²) in [6.07, 6.45) is 6.01. The Hall–Kier alpha value is -2.87. The zero-order valence-electron chi connectivity index (χ0n) is 16.8. The molecule has 4 rings (SSSR count). The van der Waals surface area contributed by atoms with E-state index in [9.17, 15) is 13.6 Å². The number of aryl methyl sites for hydroxylation is 1. The molecule has 0 radical (unpaired) electrons. The monoisotopic (exact) mass is 413 g/mol. The number of anilines is 1. The van der Waals surface area contributed by atoms with E-state index in [-0.39, 0.29) is 24.4 Å². The van der Waals surface area contributed by atoms with Gasteiger partial charge in [0.2, 0.25) is 5.91 Å². The van der Waals surface area contributed by atoms with Crippen molar-refractivity contribution in [3.63, 3.8) is 0 Å². The van der Waals surface area contributed by atoms with E-state index in [0.717, 1.165) is 34.7 Å². The third kappa shape index (κ3) is 4.81. The summed E-state index contributed by atoms with van der Waals surface area (Å²) in [5.74, 6) is 0.347. The maximum absolute atomic E-state index is 12.7. The molecule has 1 aliphatic carbocycles. The molecule has 2 aromatic heterocycles. The summed E-state index contributed by atoms with van der Waals surface area (Å²) in [6.45, 7) is -0.288. The molecule has 0 bridgehead atoms. The van der Waals surface area contributed by atoms with E-state index in [1.807, 2.05) is 37.6 Å². The summed E-state index contributed by atoms with van der Waals surface area (Å²) in [5, 5.41) is 12.0. The first-order chi connectivity index (χ1) is 14.5. The summed E-state index contributed by atoms with van der Waals surface area (Å²) >= 11 is 0. The minimum atomic E-state index is -2.34. The molecule has 1 amide bonds. The van der Waals surface area contributed by atoms with Crippen molar-refractivity contribution in [3.8, 4) is 11.1 Å². The second-order valence-electron chi connectivity index (χ2n) is 7.87. The highest BCUT2D eigenvalue weighted by Gasteiger charge is 2.26. The zero-order valence-corrected chi connectivity index (χ0v) is 16.8. The first-order valence-corrected chi connectivity index (χ1v) is 10.2. The Bertz CT molecular complexity index is 1030. The first-order valence-electron chi connectivity index (χ1n) is 10.2. The molecular formula is C22H25F2N5O. The van der Waals surface area contributed by atoms with Crippen LogP contribution in [0.4, 0.5) is 14.6 Å². The van der Waals surface area contributed by atoms with E-state index in [0.29, 0.717) is 18.7 Å². The average molecular weight is 413 g/mol. The summed E-state index contributed by atoms with van der Waals surface area (Å²) in [6, 6.07) is 8.03. The third-order valence-electron chi connectivity index (χ3n) is 5.67. The molecule has 8 heteroatoms. The van der Waals surface area contributed by atoms with E-state index >= 15 is 0 Å². The molecule has 0 spiro atoms. The lowest BCUT2D eigenvalue weighted by Crippen LogP contribution is -2.38. The lowest BCUT2D eigenvalue weighted by Gasteiger charge is -2.28. The number of benzene rings is 1. The maximum Gasteiger partial charge on any atom is 0.250 e. The Balaban J connectivity index is 1.40. The predicted molar refractivity (Wildman–Crippen MR) is 112 cm³/mol. The molecule has 1 aliphatic rings. The van der Waals surface area contributed by atoms with E-state index in [2.05, 4.69) is 26.8 Å². The number of hydrogen-bond acceptors (Lipinski definition) is 4. The number of nitrogens with one attached hydrogen (secondary N) is 2. The van der Waals surface area contributed by atoms with Gasteiger partial charge < -0.3 is 10.6 Å². The van der Waals surface area contributed by atoms with Gasteiger partial charge in [0.1, 0.15) is 5.82 Å². The van der Waals surface area contributed by atoms with Crippen LogP contribution in [0.5, 0.6) is 0 Å². The molecule has 0 aliphatic heterocycles. The number of nitrogens with zero attached hydrogens (tertiary/aromatic N) is 3. The van der Waals surface area contributed by atoms with E-state index in [1.165, 1.54) is 0 Å². The number of carbonyl (C=O) groups is 1. The predicted octanol–water partition coefficient (Wildman–Crippen LogP) is 3.99. The second kappa shape index (κ2) is 8.87. The number of carbonyl (C=O) groups excluding carboxylic acids is 1. The van der Waals surface area contributed by atoms with Crippen molar-refractivity contribution in [2.45, 2.75) is 38.2 Å². The SMILES string of the molecule is Cn1cc(-c2ccc3cnc(NC(=O)C4CCC(NCC(F)F)CC4)cc3c2)cn1. The summed E-state index contributed by atoms with van der Waals surface area (Å²) in [7, 11) is 1.88. The minimum absolute atomic E-state index is 0.0578. The van der Waals surface area contributed by atoms with Gasteiger partial charge >= 0.3 is 0 Å². The molecule has 2 N–H and O–H groups in total. The number of rotatable bonds is 6. The van der Waals surface area contributed by atoms with Crippen molar-refractivity contribution in [2.75, 3.05) is 11.9 Å². The van der Waals surface area contributed by atoms with Crippen molar-refractivity contribution >= 4 is 22.5 Å². The molecule has 3 aromatic rings. The lowest BCUT2D eigenvalue weighted by molar-refractivity contribution is -0.120. The van der Waals surface area contributed by atoms with Gasteiger partial charge in [-0.2, -0.15) is 5.10 Å². The quantitative estimate of drug-likeness (QED) is 0.641. The Labute approximate surface area is 173 Å². The molecule has 158 valence electrons. The van der Waals surface area contributed by atoms with Gasteiger partial charge in [0.15, 0.2) is 0 Å². The highest BCUT2D eigenvalue weighted by atomic mass is 19.3. The fourth-order valence-corrected chi connectivity index (χ4v) is 4.00. The van der Waals surface area contributed by atoms with Crippen LogP contribution in [0.15, 0.2) is 42.9 Å². The third-order valence-corrected chi connectivity index (χ3v) is 5.67. The van der Waals surface area contributed by atoms with Gasteiger partial charge in [-0.25, -0.2) is 13.8 Å². The molecule has 0 unspecified atom stereocenters. The van der Waals surface area contributed by atoms with Gasteiger partial charge in [0.25, 0.3) is 6.43 Å². The standard InChI is InChI=1S/C22H25F2N5O/c1-29-13-18(11-27-29)15-2-3-16-10-26-21(9-17(16)8-15)28-22(30)14-4-6-19(7-5-14)25-12-20(23)24/h2-3,8-11,13-14,19-20,25H,4-7,12H2,1H3,(H,26,28,30). The number of alkyl halides is 2. The number of hydrogen-bond donors (Lipinski definition) is 2. The maximum atomic E-state index is 12.7. The second-order valence-corrected chi connectivity index (χ2v) is 7.87. The van der Waals surface area contributed by atoms with E-state index < -0.39 is 6.43 Å². The fourth-order valence-electron chi connectivity index (χ4n) is 4.00. The van der Waals surface area contributed by atoms with Crippen molar-refractivity contribution < 1.29 is 13.6 Å². The van der Waals surface area contributed by atoms with Crippen molar-refractivity contribution in [3.05, 3.63) is 42.9 Å². The first kappa shape index (κ1) is 20.4. The number of fused-ring (bicyclic) bond motifs is 1. The normalized spacial score (nSPS) is 19.3. The van der Waals surface area contributed by atoms with Crippen LogP contribution < -0.4 is 10.6 Å². The van der Waals surface area contributed by atoms with Gasteiger partial charge in [0, 0.05) is 42.4 Å². The average Bonchev–Trinajstić information content (AvgIpc) is 3.18. The summed E-state index contributed by atoms with van der Waals surface area (Å²) in [5.41, 5.74) is 2.08. The lowest BCUT2D eigenvalue weighted by atomic mass is 9.85. The van der Waals surface area contributed by atoms with Crippen molar-refractivity contribution in [1.29, 1.82) is 0 Å². The molecular weight excluding hydrogens is 388 g/mol. The molecule has 0 saturated heterocycles. The van der Waals surface area contributed by atoms with Crippen molar-refractivity contribution in [1.82, 2.24) is 20.1 Å². The topological polar surface area (TPSA) is 71.8 Å². The molecule has 2 heterocycles. The summed E-state index contributed by atoms with van der Waals surface area (Å²) < 4.78 is 26.4. The van der Waals surface area contributed by atoms with Crippen LogP contribution in [0.25, 0.3) is 21.9 Å². The van der Waals surface area contributed by atoms with Crippen LogP contribution >= 0.6 is 0 Å². The Morgan fingerprint density at radius 3 is 2.63 bits per heavy atom. The van der Waals surface area contributed by atoms with Gasteiger partial charge in [-0.05, 0) is 48.8 Å². The van der Waals surface area contributed by atoms with Crippen LogP contribution in [-0.2, 0) is 11.8 Å². The van der Waals surface area contributed by atoms with Gasteiger partial charge in [0.05, 0.1) is 12.7 Å². The number of aromatic nitrogens is 3. The highest BCUT2D eigenvalue weighted by Crippen LogP contribution is 2.27. The Kier molecular flexibility index (Phi) is 6.03. The largest absolute Gasteiger partial charge is 0.310 e. The number of amides is 1. The van der Waals surface area contributed by atoms with Crippen molar-refractivity contribution in [2.24, 2.45) is 13.0 Å². The number of pyridine rings is 1. The van der Waals surface area contributed by atoms with Crippen LogP contribution in [0.3, 0.4) is 0 Å². The molecule has 6 nitrogen and oxygen atoms in total. The van der Waals surface area contributed by atoms with Crippen LogP contribution in [0.1, 0.15) is 25.7 Å². The Morgan fingerprint density at radius 2 is 1.93 bits per heavy atom. The molecule has 0 atom stereocenters. The van der Waals surface area contributed by atoms with Gasteiger partial charge in [-0.15, -0.1) is 0 Å². The number of halogens is 2. The fraction of sp³-hybridized carbons (Fsp3) is 0.409. The van der Waals surface area contributed by atoms with Gasteiger partial charge in [-0.1, -0.05) is 12.1 Å². The summed E-state index contributed by atoms with van der Waals surface area (Å²) in [4.78, 5) is 17.0. The van der Waals surface area contributed by atoms with E-state index in [1.54, 1.807) is 10.9 Å². The van der Waals surface area contributed by atoms with Gasteiger partial charge in [-0.3, -0.25) is 9.48 Å². The van der Waals surface area contributed by atoms with Crippen LogP contribution in [0.2, 0.25) is 0 Å². The van der Waals surface area contributed by atoms with Crippen LogP contribution in [0, 0.1) is 5.92 Å². The minimum Gasteiger partial charge on any atom is -0.310 e. The molecule has 1 saturated carbocycles. The van der Waals surface area contributed by atoms with Crippen LogP contribution in [-0.4, -0.2) is 39.7 Å².